The molecule has 0 unspecified atom stereocenters. The highest BCUT2D eigenvalue weighted by atomic mass is 19.1. The summed E-state index contributed by atoms with van der Waals surface area (Å²) in [7, 11) is 1.37. The molecule has 0 spiro atoms. The molecule has 3 aromatic rings. The number of hydrogen-bond donors (Lipinski definition) is 0. The lowest BCUT2D eigenvalue weighted by Crippen LogP contribution is -2.26. The maximum atomic E-state index is 14.3. The number of aromatic nitrogens is 2. The fourth-order valence-electron chi connectivity index (χ4n) is 3.01. The van der Waals surface area contributed by atoms with E-state index in [1.54, 1.807) is 39.1 Å². The Labute approximate surface area is 178 Å². The molecule has 8 heteroatoms. The van der Waals surface area contributed by atoms with Gasteiger partial charge in [-0.1, -0.05) is 18.2 Å². The lowest BCUT2D eigenvalue weighted by molar-refractivity contribution is -0.155. The SMILES string of the molecule is [C-]#[N+]c1ccc(-c2nn(CC(=O)OC(C)(C)C)cc2-c2ccc(OC)c(F)c2)cc1F. The summed E-state index contributed by atoms with van der Waals surface area (Å²) >= 11 is 0. The Morgan fingerprint density at radius 3 is 2.39 bits per heavy atom. The molecule has 0 bridgehead atoms. The van der Waals surface area contributed by atoms with Gasteiger partial charge in [0.25, 0.3) is 0 Å². The van der Waals surface area contributed by atoms with E-state index in [1.165, 1.54) is 36.1 Å². The van der Waals surface area contributed by atoms with Gasteiger partial charge >= 0.3 is 5.97 Å². The van der Waals surface area contributed by atoms with Gasteiger partial charge in [0.2, 0.25) is 5.69 Å². The third-order valence-electron chi connectivity index (χ3n) is 4.28. The first kappa shape index (κ1) is 22.0. The predicted molar refractivity (Wildman–Crippen MR) is 112 cm³/mol. The first-order chi connectivity index (χ1) is 14.6. The maximum absolute atomic E-state index is 14.3. The molecule has 0 atom stereocenters. The number of carbonyl (C=O) groups is 1. The molecule has 0 N–H and O–H groups in total. The van der Waals surface area contributed by atoms with Crippen molar-refractivity contribution in [2.75, 3.05) is 7.11 Å². The maximum Gasteiger partial charge on any atom is 0.328 e. The van der Waals surface area contributed by atoms with Crippen LogP contribution in [0.4, 0.5) is 14.5 Å². The van der Waals surface area contributed by atoms with Gasteiger partial charge in [-0.2, -0.15) is 5.10 Å². The third kappa shape index (κ3) is 5.07. The summed E-state index contributed by atoms with van der Waals surface area (Å²) in [6.45, 7) is 12.1. The van der Waals surface area contributed by atoms with E-state index >= 15 is 0 Å². The van der Waals surface area contributed by atoms with Gasteiger partial charge in [0, 0.05) is 17.3 Å². The Hall–Kier alpha value is -3.73. The number of esters is 1. The van der Waals surface area contributed by atoms with Crippen LogP contribution >= 0.6 is 0 Å². The van der Waals surface area contributed by atoms with Gasteiger partial charge in [0.15, 0.2) is 11.6 Å². The van der Waals surface area contributed by atoms with Crippen LogP contribution in [0.15, 0.2) is 42.6 Å². The standard InChI is InChI=1S/C23H21F2N3O3/c1-23(2,3)31-21(29)13-28-12-16(14-7-9-20(30-5)18(25)10-14)22(27-28)15-6-8-19(26-4)17(24)11-15/h6-12H,13H2,1-3,5H3. The zero-order valence-corrected chi connectivity index (χ0v) is 17.6. The minimum Gasteiger partial charge on any atom is -0.494 e. The molecule has 160 valence electrons. The number of ether oxygens (including phenoxy) is 2. The Morgan fingerprint density at radius 2 is 1.81 bits per heavy atom. The van der Waals surface area contributed by atoms with Crippen molar-refractivity contribution in [2.24, 2.45) is 0 Å². The highest BCUT2D eigenvalue weighted by molar-refractivity contribution is 5.82. The van der Waals surface area contributed by atoms with E-state index in [4.69, 9.17) is 16.0 Å². The highest BCUT2D eigenvalue weighted by Gasteiger charge is 2.20. The Balaban J connectivity index is 2.08. The molecule has 0 saturated heterocycles. The van der Waals surface area contributed by atoms with E-state index in [9.17, 15) is 13.6 Å². The van der Waals surface area contributed by atoms with E-state index in [2.05, 4.69) is 9.94 Å². The summed E-state index contributed by atoms with van der Waals surface area (Å²) in [6.07, 6.45) is 1.57. The van der Waals surface area contributed by atoms with Crippen molar-refractivity contribution in [1.82, 2.24) is 9.78 Å². The van der Waals surface area contributed by atoms with Gasteiger partial charge in [-0.3, -0.25) is 9.48 Å². The van der Waals surface area contributed by atoms with Crippen LogP contribution in [0.3, 0.4) is 0 Å². The molecule has 0 aliphatic carbocycles. The molecule has 0 radical (unpaired) electrons. The summed E-state index contributed by atoms with van der Waals surface area (Å²) in [5, 5.41) is 4.41. The molecule has 6 nitrogen and oxygen atoms in total. The third-order valence-corrected chi connectivity index (χ3v) is 4.28. The van der Waals surface area contributed by atoms with Crippen LogP contribution in [-0.4, -0.2) is 28.5 Å². The van der Waals surface area contributed by atoms with Crippen LogP contribution in [0.2, 0.25) is 0 Å². The van der Waals surface area contributed by atoms with Gasteiger partial charge in [-0.25, -0.2) is 13.6 Å². The van der Waals surface area contributed by atoms with E-state index in [0.29, 0.717) is 22.4 Å². The molecule has 2 aromatic carbocycles. The van der Waals surface area contributed by atoms with Crippen LogP contribution in [-0.2, 0) is 16.1 Å². The van der Waals surface area contributed by atoms with E-state index in [0.717, 1.165) is 0 Å². The van der Waals surface area contributed by atoms with Gasteiger partial charge in [-0.05, 0) is 44.5 Å². The van der Waals surface area contributed by atoms with Crippen molar-refractivity contribution >= 4 is 11.7 Å². The molecule has 31 heavy (non-hydrogen) atoms. The zero-order chi connectivity index (χ0) is 22.8. The molecule has 0 amide bonds. The molecule has 0 fully saturated rings. The average Bonchev–Trinajstić information content (AvgIpc) is 3.09. The molecule has 3 rings (SSSR count). The summed E-state index contributed by atoms with van der Waals surface area (Å²) in [6, 6.07) is 8.49. The smallest absolute Gasteiger partial charge is 0.328 e. The number of nitrogens with zero attached hydrogens (tertiary/aromatic N) is 3. The Morgan fingerprint density at radius 1 is 1.13 bits per heavy atom. The molecule has 0 saturated carbocycles. The van der Waals surface area contributed by atoms with Gasteiger partial charge < -0.3 is 9.47 Å². The van der Waals surface area contributed by atoms with Gasteiger partial charge in [0.05, 0.1) is 13.7 Å². The predicted octanol–water partition coefficient (Wildman–Crippen LogP) is 5.40. The second kappa shape index (κ2) is 8.56. The number of carbonyl (C=O) groups excluding carboxylic acids is 1. The van der Waals surface area contributed by atoms with Crippen LogP contribution in [0.5, 0.6) is 5.75 Å². The minimum atomic E-state index is -0.693. The fourth-order valence-corrected chi connectivity index (χ4v) is 3.01. The molecular weight excluding hydrogens is 404 g/mol. The lowest BCUT2D eigenvalue weighted by atomic mass is 10.0. The van der Waals surface area contributed by atoms with Crippen molar-refractivity contribution in [1.29, 1.82) is 0 Å². The number of halogens is 2. The molecule has 1 heterocycles. The van der Waals surface area contributed by atoms with Crippen molar-refractivity contribution < 1.29 is 23.0 Å². The van der Waals surface area contributed by atoms with E-state index < -0.39 is 23.2 Å². The Kier molecular flexibility index (Phi) is 6.07. The summed E-state index contributed by atoms with van der Waals surface area (Å²) in [5.74, 6) is -1.68. The fraction of sp³-hybridized carbons (Fsp3) is 0.261. The second-order valence-corrected chi connectivity index (χ2v) is 7.80. The monoisotopic (exact) mass is 425 g/mol. The number of benzene rings is 2. The first-order valence-electron chi connectivity index (χ1n) is 9.42. The van der Waals surface area contributed by atoms with Gasteiger partial charge in [0.1, 0.15) is 23.7 Å². The van der Waals surface area contributed by atoms with E-state index in [-0.39, 0.29) is 18.0 Å². The molecule has 0 aliphatic heterocycles. The summed E-state index contributed by atoms with van der Waals surface area (Å²) in [5.41, 5.74) is 0.906. The van der Waals surface area contributed by atoms with Crippen LogP contribution in [0.1, 0.15) is 20.8 Å². The summed E-state index contributed by atoms with van der Waals surface area (Å²) < 4.78 is 40.2. The molecule has 1 aromatic heterocycles. The lowest BCUT2D eigenvalue weighted by Gasteiger charge is -2.19. The van der Waals surface area contributed by atoms with Gasteiger partial charge in [-0.15, -0.1) is 0 Å². The average molecular weight is 425 g/mol. The minimum absolute atomic E-state index is 0.0823. The van der Waals surface area contributed by atoms with Crippen LogP contribution in [0.25, 0.3) is 27.2 Å². The molecule has 0 aliphatic rings. The highest BCUT2D eigenvalue weighted by Crippen LogP contribution is 2.35. The van der Waals surface area contributed by atoms with Crippen molar-refractivity contribution in [3.8, 4) is 28.1 Å². The van der Waals surface area contributed by atoms with Crippen molar-refractivity contribution in [3.05, 3.63) is 65.6 Å². The van der Waals surface area contributed by atoms with Crippen molar-refractivity contribution in [2.45, 2.75) is 32.9 Å². The van der Waals surface area contributed by atoms with E-state index in [1.807, 2.05) is 0 Å². The first-order valence-corrected chi connectivity index (χ1v) is 9.42. The largest absolute Gasteiger partial charge is 0.494 e. The number of rotatable bonds is 5. The quantitative estimate of drug-likeness (QED) is 0.406. The zero-order valence-electron chi connectivity index (χ0n) is 17.6. The number of methoxy groups -OCH3 is 1. The summed E-state index contributed by atoms with van der Waals surface area (Å²) in [4.78, 5) is 15.4. The normalized spacial score (nSPS) is 11.1. The second-order valence-electron chi connectivity index (χ2n) is 7.80. The van der Waals surface area contributed by atoms with Crippen LogP contribution in [0, 0.1) is 18.2 Å². The van der Waals surface area contributed by atoms with Crippen LogP contribution < -0.4 is 4.74 Å². The van der Waals surface area contributed by atoms with Crippen molar-refractivity contribution in [3.63, 3.8) is 0 Å². The topological polar surface area (TPSA) is 57.7 Å². The molecular formula is C23H21F2N3O3. The number of hydrogen-bond acceptors (Lipinski definition) is 4. The Bertz CT molecular complexity index is 1170.